The topological polar surface area (TPSA) is 157 Å². The summed E-state index contributed by atoms with van der Waals surface area (Å²) in [7, 11) is 1.20. The third kappa shape index (κ3) is 4.59. The minimum atomic E-state index is -0.885. The number of nitro benzene ring substituents is 2. The first-order chi connectivity index (χ1) is 14.7. The van der Waals surface area contributed by atoms with Crippen molar-refractivity contribution in [2.75, 3.05) is 19.0 Å². The van der Waals surface area contributed by atoms with Crippen molar-refractivity contribution in [3.63, 3.8) is 0 Å². The lowest BCUT2D eigenvalue weighted by Gasteiger charge is -2.14. The van der Waals surface area contributed by atoms with Gasteiger partial charge < -0.3 is 10.1 Å². The minimum absolute atomic E-state index is 0.169. The van der Waals surface area contributed by atoms with Crippen molar-refractivity contribution in [1.82, 2.24) is 5.01 Å². The molecule has 0 radical (unpaired) electrons. The monoisotopic (exact) mass is 447 g/mol. The number of benzene rings is 2. The zero-order valence-corrected chi connectivity index (χ0v) is 16.6. The molecular formula is C18H14ClN5O7. The third-order valence-corrected chi connectivity index (χ3v) is 4.66. The molecule has 0 saturated heterocycles. The summed E-state index contributed by atoms with van der Waals surface area (Å²) in [6.07, 6.45) is 0. The smallest absolute Gasteiger partial charge is 0.342 e. The molecule has 13 heteroatoms. The molecule has 160 valence electrons. The molecule has 0 spiro atoms. The summed E-state index contributed by atoms with van der Waals surface area (Å²) in [5.74, 6) is -1.51. The number of carbonyl (C=O) groups is 2. The van der Waals surface area contributed by atoms with E-state index >= 15 is 0 Å². The standard InChI is InChI=1S/C18H14ClN5O7/c1-31-17(25)13-9-22(21-16(13)10-2-4-11(19)5-3-10)18(26)20-14-7-6-12(23(27)28)8-15(14)24(29)30/h2-8,13H,9H2,1H3,(H,20,26). The second kappa shape index (κ2) is 8.75. The van der Waals surface area contributed by atoms with Crippen molar-refractivity contribution in [2.45, 2.75) is 0 Å². The van der Waals surface area contributed by atoms with Crippen LogP contribution in [0.15, 0.2) is 47.6 Å². The summed E-state index contributed by atoms with van der Waals surface area (Å²) >= 11 is 5.88. The summed E-state index contributed by atoms with van der Waals surface area (Å²) in [6, 6.07) is 8.37. The van der Waals surface area contributed by atoms with E-state index < -0.39 is 39.1 Å². The Kier molecular flexibility index (Phi) is 6.11. The van der Waals surface area contributed by atoms with Gasteiger partial charge in [-0.1, -0.05) is 23.7 Å². The fraction of sp³-hybridized carbons (Fsp3) is 0.167. The molecule has 1 aliphatic heterocycles. The third-order valence-electron chi connectivity index (χ3n) is 4.40. The highest BCUT2D eigenvalue weighted by molar-refractivity contribution is 6.30. The van der Waals surface area contributed by atoms with Crippen molar-refractivity contribution in [3.8, 4) is 0 Å². The average Bonchev–Trinajstić information content (AvgIpc) is 3.19. The van der Waals surface area contributed by atoms with E-state index in [1.807, 2.05) is 0 Å². The van der Waals surface area contributed by atoms with Gasteiger partial charge in [-0.3, -0.25) is 25.0 Å². The lowest BCUT2D eigenvalue weighted by Crippen LogP contribution is -2.33. The fourth-order valence-corrected chi connectivity index (χ4v) is 3.03. The lowest BCUT2D eigenvalue weighted by molar-refractivity contribution is -0.393. The molecule has 1 unspecified atom stereocenters. The normalized spacial score (nSPS) is 15.2. The SMILES string of the molecule is COC(=O)C1CN(C(=O)Nc2ccc([N+](=O)[O-])cc2[N+](=O)[O-])N=C1c1ccc(Cl)cc1. The number of nitrogens with zero attached hydrogens (tertiary/aromatic N) is 4. The zero-order valence-electron chi connectivity index (χ0n) is 15.9. The van der Waals surface area contributed by atoms with Gasteiger partial charge in [0.25, 0.3) is 11.4 Å². The number of nitrogens with one attached hydrogen (secondary N) is 1. The molecule has 1 atom stereocenters. The molecule has 2 aromatic rings. The molecule has 12 nitrogen and oxygen atoms in total. The number of hydrazone groups is 1. The Morgan fingerprint density at radius 1 is 1.16 bits per heavy atom. The minimum Gasteiger partial charge on any atom is -0.468 e. The summed E-state index contributed by atoms with van der Waals surface area (Å²) in [5.41, 5.74) is -0.619. The summed E-state index contributed by atoms with van der Waals surface area (Å²) in [5, 5.41) is 30.0. The summed E-state index contributed by atoms with van der Waals surface area (Å²) in [4.78, 5) is 45.3. The number of ether oxygens (including phenoxy) is 1. The number of anilines is 1. The summed E-state index contributed by atoms with van der Waals surface area (Å²) in [6.45, 7) is -0.169. The highest BCUT2D eigenvalue weighted by atomic mass is 35.5. The largest absolute Gasteiger partial charge is 0.468 e. The van der Waals surface area contributed by atoms with Crippen LogP contribution < -0.4 is 5.32 Å². The second-order valence-corrected chi connectivity index (χ2v) is 6.73. The van der Waals surface area contributed by atoms with Gasteiger partial charge in [-0.15, -0.1) is 0 Å². The van der Waals surface area contributed by atoms with Crippen molar-refractivity contribution in [1.29, 1.82) is 0 Å². The molecule has 1 aliphatic rings. The predicted octanol–water partition coefficient (Wildman–Crippen LogP) is 3.20. The molecule has 1 heterocycles. The Balaban J connectivity index is 1.89. The number of methoxy groups -OCH3 is 1. The van der Waals surface area contributed by atoms with Crippen LogP contribution >= 0.6 is 11.6 Å². The van der Waals surface area contributed by atoms with Crippen molar-refractivity contribution in [3.05, 3.63) is 73.3 Å². The van der Waals surface area contributed by atoms with Crippen LogP contribution in [-0.4, -0.2) is 46.2 Å². The maximum atomic E-state index is 12.7. The molecule has 0 bridgehead atoms. The van der Waals surface area contributed by atoms with Crippen LogP contribution in [0.25, 0.3) is 0 Å². The van der Waals surface area contributed by atoms with Gasteiger partial charge in [0.1, 0.15) is 11.6 Å². The quantitative estimate of drug-likeness (QED) is 0.418. The van der Waals surface area contributed by atoms with E-state index in [0.29, 0.717) is 10.6 Å². The first kappa shape index (κ1) is 21.6. The number of hydrogen-bond acceptors (Lipinski definition) is 8. The van der Waals surface area contributed by atoms with Crippen LogP contribution in [0.1, 0.15) is 5.56 Å². The number of carbonyl (C=O) groups excluding carboxylic acids is 2. The average molecular weight is 448 g/mol. The predicted molar refractivity (Wildman–Crippen MR) is 109 cm³/mol. The number of urea groups is 1. The molecular weight excluding hydrogens is 434 g/mol. The zero-order chi connectivity index (χ0) is 22.7. The molecule has 2 aromatic carbocycles. The van der Waals surface area contributed by atoms with Gasteiger partial charge in [0.2, 0.25) is 0 Å². The van der Waals surface area contributed by atoms with Crippen molar-refractivity contribution >= 4 is 46.4 Å². The highest BCUT2D eigenvalue weighted by Gasteiger charge is 2.37. The van der Waals surface area contributed by atoms with Crippen LogP contribution in [-0.2, 0) is 9.53 Å². The van der Waals surface area contributed by atoms with Crippen molar-refractivity contribution < 1.29 is 24.2 Å². The Bertz CT molecular complexity index is 1100. The van der Waals surface area contributed by atoms with Gasteiger partial charge >= 0.3 is 12.0 Å². The molecule has 31 heavy (non-hydrogen) atoms. The van der Waals surface area contributed by atoms with Gasteiger partial charge in [0, 0.05) is 11.1 Å². The molecule has 2 amide bonds. The number of non-ortho nitro benzene ring substituents is 1. The van der Waals surface area contributed by atoms with Crippen LogP contribution in [0.4, 0.5) is 21.9 Å². The molecule has 0 fully saturated rings. The number of nitro groups is 2. The van der Waals surface area contributed by atoms with E-state index in [0.717, 1.165) is 23.2 Å². The van der Waals surface area contributed by atoms with E-state index in [4.69, 9.17) is 16.3 Å². The second-order valence-electron chi connectivity index (χ2n) is 6.30. The van der Waals surface area contributed by atoms with Crippen LogP contribution in [0.2, 0.25) is 5.02 Å². The van der Waals surface area contributed by atoms with Crippen LogP contribution in [0, 0.1) is 26.1 Å². The van der Waals surface area contributed by atoms with Crippen molar-refractivity contribution in [2.24, 2.45) is 11.0 Å². The Morgan fingerprint density at radius 2 is 1.84 bits per heavy atom. The first-order valence-corrected chi connectivity index (χ1v) is 9.02. The van der Waals surface area contributed by atoms with E-state index in [2.05, 4.69) is 10.4 Å². The van der Waals surface area contributed by atoms with Crippen LogP contribution in [0.3, 0.4) is 0 Å². The number of hydrogen-bond donors (Lipinski definition) is 1. The Morgan fingerprint density at radius 3 is 2.42 bits per heavy atom. The molecule has 1 N–H and O–H groups in total. The molecule has 0 saturated carbocycles. The number of esters is 1. The number of rotatable bonds is 5. The Labute approximate surface area is 179 Å². The first-order valence-electron chi connectivity index (χ1n) is 8.65. The molecule has 0 aliphatic carbocycles. The number of amides is 2. The van der Waals surface area contributed by atoms with Gasteiger partial charge in [0.15, 0.2) is 0 Å². The van der Waals surface area contributed by atoms with E-state index in [9.17, 15) is 29.8 Å². The van der Waals surface area contributed by atoms with Gasteiger partial charge in [-0.2, -0.15) is 5.10 Å². The highest BCUT2D eigenvalue weighted by Crippen LogP contribution is 2.30. The van der Waals surface area contributed by atoms with Gasteiger partial charge in [0.05, 0.1) is 35.3 Å². The lowest BCUT2D eigenvalue weighted by atomic mass is 9.98. The maximum Gasteiger partial charge on any atom is 0.342 e. The summed E-state index contributed by atoms with van der Waals surface area (Å²) < 4.78 is 4.78. The van der Waals surface area contributed by atoms with Gasteiger partial charge in [-0.25, -0.2) is 9.80 Å². The molecule has 3 rings (SSSR count). The van der Waals surface area contributed by atoms with E-state index in [1.165, 1.54) is 7.11 Å². The van der Waals surface area contributed by atoms with E-state index in [1.54, 1.807) is 24.3 Å². The van der Waals surface area contributed by atoms with Gasteiger partial charge in [-0.05, 0) is 23.8 Å². The van der Waals surface area contributed by atoms with Crippen LogP contribution in [0.5, 0.6) is 0 Å². The number of halogens is 1. The Hall–Kier alpha value is -4.06. The maximum absolute atomic E-state index is 12.7. The molecule has 0 aromatic heterocycles. The fourth-order valence-electron chi connectivity index (χ4n) is 2.91. The van der Waals surface area contributed by atoms with E-state index in [-0.39, 0.29) is 17.9 Å².